The second-order valence-electron chi connectivity index (χ2n) is 18.0. The van der Waals surface area contributed by atoms with Crippen LogP contribution in [0, 0.1) is 11.5 Å². The van der Waals surface area contributed by atoms with Crippen molar-refractivity contribution < 1.29 is 30.9 Å². The number of phenols is 1. The molecule has 1 N–H and O–H groups in total. The maximum atomic E-state index is 11.0. The Hall–Kier alpha value is -3.95. The normalized spacial score (nSPS) is 18.0. The second-order valence-corrected chi connectivity index (χ2v) is 18.0. The third-order valence-electron chi connectivity index (χ3n) is 11.3. The first-order chi connectivity index (χ1) is 25.0. The number of pyridine rings is 1. The summed E-state index contributed by atoms with van der Waals surface area (Å²) in [5.41, 5.74) is 10.3. The van der Waals surface area contributed by atoms with Crippen molar-refractivity contribution in [3.8, 4) is 17.4 Å². The Morgan fingerprint density at radius 2 is 1.50 bits per heavy atom. The minimum absolute atomic E-state index is 0. The molecule has 1 aromatic heterocycles. The molecule has 5 aromatic rings. The van der Waals surface area contributed by atoms with Crippen LogP contribution in [0.3, 0.4) is 0 Å². The molecule has 0 fully saturated rings. The van der Waals surface area contributed by atoms with E-state index in [0.29, 0.717) is 29.0 Å². The van der Waals surface area contributed by atoms with Crippen LogP contribution in [0.15, 0.2) is 83.9 Å². The van der Waals surface area contributed by atoms with Crippen LogP contribution in [0.5, 0.6) is 17.4 Å². The predicted molar refractivity (Wildman–Crippen MR) is 220 cm³/mol. The Morgan fingerprint density at radius 1 is 0.833 bits per heavy atom. The molecular formula is C48H56N3O2Pt-. The number of aromatic hydroxyl groups is 1. The second kappa shape index (κ2) is 14.9. The van der Waals surface area contributed by atoms with Gasteiger partial charge in [0.05, 0.1) is 17.9 Å². The SMILES string of the molecule is CC(C)c1cc(Oc2ccc3cc(C(C)(C)C)cc(O)c3n2)[c-]c(C2=N[C@H]3Cc4ccccc4CC(C)(C)[C@H]3N2c2c(C(C)C)cccc2C(C)C)c1.[Pt]. The number of amidine groups is 1. The van der Waals surface area contributed by atoms with Gasteiger partial charge in [0.1, 0.15) is 11.3 Å². The molecule has 0 amide bonds. The summed E-state index contributed by atoms with van der Waals surface area (Å²) in [7, 11) is 0. The van der Waals surface area contributed by atoms with Gasteiger partial charge in [-0.3, -0.25) is 0 Å². The fourth-order valence-corrected chi connectivity index (χ4v) is 8.48. The first-order valence-corrected chi connectivity index (χ1v) is 19.5. The van der Waals surface area contributed by atoms with Crippen molar-refractivity contribution in [1.82, 2.24) is 4.98 Å². The summed E-state index contributed by atoms with van der Waals surface area (Å²) < 4.78 is 6.57. The zero-order valence-corrected chi connectivity index (χ0v) is 36.1. The molecule has 286 valence electrons. The van der Waals surface area contributed by atoms with Gasteiger partial charge in [0.15, 0.2) is 0 Å². The number of hydrogen-bond acceptors (Lipinski definition) is 5. The van der Waals surface area contributed by atoms with Crippen molar-refractivity contribution in [2.45, 2.75) is 124 Å². The van der Waals surface area contributed by atoms with Crippen molar-refractivity contribution >= 4 is 22.4 Å². The van der Waals surface area contributed by atoms with Crippen LogP contribution in [0.2, 0.25) is 0 Å². The Labute approximate surface area is 337 Å². The van der Waals surface area contributed by atoms with E-state index >= 15 is 0 Å². The summed E-state index contributed by atoms with van der Waals surface area (Å²) in [6.07, 6.45) is 1.87. The summed E-state index contributed by atoms with van der Waals surface area (Å²) in [4.78, 5) is 13.1. The Kier molecular flexibility index (Phi) is 11.0. The third kappa shape index (κ3) is 7.50. The van der Waals surface area contributed by atoms with Crippen LogP contribution in [0.25, 0.3) is 10.9 Å². The molecule has 1 aliphatic heterocycles. The molecule has 2 aliphatic rings. The monoisotopic (exact) mass is 901 g/mol. The van der Waals surface area contributed by atoms with Gasteiger partial charge in [0.25, 0.3) is 0 Å². The molecule has 0 unspecified atom stereocenters. The fourth-order valence-electron chi connectivity index (χ4n) is 8.48. The largest absolute Gasteiger partial charge is 0.506 e. The van der Waals surface area contributed by atoms with Crippen LogP contribution in [0.4, 0.5) is 5.69 Å². The maximum Gasteiger partial charge on any atom is 0.217 e. The van der Waals surface area contributed by atoms with Crippen LogP contribution in [0.1, 0.15) is 133 Å². The van der Waals surface area contributed by atoms with E-state index in [0.717, 1.165) is 40.8 Å². The third-order valence-corrected chi connectivity index (χ3v) is 11.3. The van der Waals surface area contributed by atoms with Gasteiger partial charge in [0.2, 0.25) is 5.88 Å². The number of nitrogens with zero attached hydrogens (tertiary/aromatic N) is 3. The number of aromatic nitrogens is 1. The van der Waals surface area contributed by atoms with E-state index in [1.165, 1.54) is 27.9 Å². The smallest absolute Gasteiger partial charge is 0.217 e. The summed E-state index contributed by atoms with van der Waals surface area (Å²) in [6, 6.07) is 31.8. The molecule has 4 aromatic carbocycles. The average molecular weight is 902 g/mol. The molecule has 0 spiro atoms. The van der Waals surface area contributed by atoms with E-state index < -0.39 is 0 Å². The summed E-state index contributed by atoms with van der Waals surface area (Å²) in [5.74, 6) is 3.01. The van der Waals surface area contributed by atoms with E-state index in [2.05, 4.69) is 148 Å². The number of hydrogen-bond donors (Lipinski definition) is 1. The van der Waals surface area contributed by atoms with Crippen LogP contribution in [-0.4, -0.2) is 28.0 Å². The molecular weight excluding hydrogens is 846 g/mol. The number of benzene rings is 4. The molecule has 0 bridgehead atoms. The Morgan fingerprint density at radius 3 is 2.13 bits per heavy atom. The van der Waals surface area contributed by atoms with Crippen molar-refractivity contribution in [1.29, 1.82) is 0 Å². The van der Waals surface area contributed by atoms with Gasteiger partial charge in [-0.15, -0.1) is 17.2 Å². The van der Waals surface area contributed by atoms with Gasteiger partial charge in [-0.25, -0.2) is 4.98 Å². The van der Waals surface area contributed by atoms with Crippen molar-refractivity contribution in [3.63, 3.8) is 0 Å². The van der Waals surface area contributed by atoms with E-state index in [1.54, 1.807) is 0 Å². The van der Waals surface area contributed by atoms with Crippen molar-refractivity contribution in [2.24, 2.45) is 10.4 Å². The van der Waals surface area contributed by atoms with Gasteiger partial charge in [-0.1, -0.05) is 131 Å². The van der Waals surface area contributed by atoms with E-state index in [1.807, 2.05) is 18.2 Å². The molecule has 0 saturated carbocycles. The van der Waals surface area contributed by atoms with E-state index in [4.69, 9.17) is 14.7 Å². The van der Waals surface area contributed by atoms with Gasteiger partial charge in [0, 0.05) is 44.0 Å². The molecule has 0 radical (unpaired) electrons. The maximum absolute atomic E-state index is 11.0. The van der Waals surface area contributed by atoms with Gasteiger partial charge in [-0.2, -0.15) is 0 Å². The number of phenolic OH excluding ortho intramolecular Hbond substituents is 1. The number of para-hydroxylation sites is 1. The summed E-state index contributed by atoms with van der Waals surface area (Å²) in [5, 5.41) is 11.9. The minimum Gasteiger partial charge on any atom is -0.506 e. The number of aliphatic imine (C=N–C) groups is 1. The zero-order chi connectivity index (χ0) is 38.0. The topological polar surface area (TPSA) is 58.0 Å². The van der Waals surface area contributed by atoms with Crippen molar-refractivity contribution in [3.05, 3.63) is 124 Å². The molecule has 1 aliphatic carbocycles. The molecule has 0 saturated heterocycles. The first kappa shape index (κ1) is 39.7. The molecule has 5 nitrogen and oxygen atoms in total. The fraction of sp³-hybridized carbons (Fsp3) is 0.417. The van der Waals surface area contributed by atoms with Gasteiger partial charge < -0.3 is 19.7 Å². The Bertz CT molecular complexity index is 2180. The molecule has 2 atom stereocenters. The minimum atomic E-state index is -0.0961. The van der Waals surface area contributed by atoms with Crippen molar-refractivity contribution in [2.75, 3.05) is 4.90 Å². The van der Waals surface area contributed by atoms with Gasteiger partial charge in [-0.05, 0) is 87.4 Å². The van der Waals surface area contributed by atoms with Gasteiger partial charge >= 0.3 is 0 Å². The number of rotatable bonds is 7. The first-order valence-electron chi connectivity index (χ1n) is 19.5. The zero-order valence-electron chi connectivity index (χ0n) is 33.8. The molecule has 7 rings (SSSR count). The van der Waals surface area contributed by atoms with Crippen LogP contribution < -0.4 is 9.64 Å². The summed E-state index contributed by atoms with van der Waals surface area (Å²) in [6.45, 7) is 24.9. The standard InChI is InChI=1S/C48H56N3O2.Pt/c1-28(2)34-21-35(24-37(23-34)53-42-20-19-32-22-36(47(7,8)9)26-41(52)43(32)50-42)46-49-40-25-31-15-12-13-16-33(31)27-48(10,11)45(40)51(46)44-38(29(3)4)17-14-18-39(44)30(5)6;/h12-23,26,28-30,40,45,52H,25,27H2,1-11H3;/q-1;/t40-,45-;/m0./s1. The molecule has 2 heterocycles. The van der Waals surface area contributed by atoms with Crippen LogP contribution in [-0.2, 0) is 39.3 Å². The molecule has 6 heteroatoms. The van der Waals surface area contributed by atoms with E-state index in [9.17, 15) is 5.11 Å². The van der Waals surface area contributed by atoms with Crippen LogP contribution >= 0.6 is 0 Å². The number of ether oxygens (including phenoxy) is 1. The molecule has 54 heavy (non-hydrogen) atoms. The quantitative estimate of drug-likeness (QED) is 0.165. The number of anilines is 1. The predicted octanol–water partition coefficient (Wildman–Crippen LogP) is 12.0. The summed E-state index contributed by atoms with van der Waals surface area (Å²) >= 11 is 0. The average Bonchev–Trinajstić information content (AvgIpc) is 3.43. The van der Waals surface area contributed by atoms with E-state index in [-0.39, 0.29) is 55.6 Å². The Balaban J connectivity index is 0.00000497. The number of fused-ring (bicyclic) bond motifs is 3.